The summed E-state index contributed by atoms with van der Waals surface area (Å²) in [5, 5.41) is 0. The van der Waals surface area contributed by atoms with E-state index < -0.39 is 7.82 Å². The molecule has 0 heterocycles. The largest absolute Gasteiger partial charge is 1.00 e. The van der Waals surface area contributed by atoms with E-state index in [1.54, 1.807) is 0 Å². The predicted octanol–water partition coefficient (Wildman–Crippen LogP) is 9.27. The van der Waals surface area contributed by atoms with Gasteiger partial charge in [0.1, 0.15) is 0 Å². The summed E-state index contributed by atoms with van der Waals surface area (Å²) in [4.78, 5) is 21.6. The summed E-state index contributed by atoms with van der Waals surface area (Å²) in [6.07, 6.45) is 48.1. The summed E-state index contributed by atoms with van der Waals surface area (Å²) in [5.74, 6) is 0. The van der Waals surface area contributed by atoms with E-state index in [9.17, 15) is 0 Å². The van der Waals surface area contributed by atoms with Crippen molar-refractivity contribution in [3.63, 3.8) is 0 Å². The van der Waals surface area contributed by atoms with Gasteiger partial charge in [-0.3, -0.25) is 0 Å². The SMILES string of the molecule is CCCCCCCC/C=C\CCCCCCCCOCCCCCCCC/C=C\CCCCCCCC.O=P(O)(O)O.[H-].[Na+]. The van der Waals surface area contributed by atoms with Gasteiger partial charge in [-0.2, -0.15) is 0 Å². The van der Waals surface area contributed by atoms with Gasteiger partial charge in [-0.15, -0.1) is 0 Å². The molecule has 0 spiro atoms. The number of hydrogen-bond acceptors (Lipinski definition) is 2. The molecule has 0 unspecified atom stereocenters. The topological polar surface area (TPSA) is 87.0 Å². The average molecular weight is 641 g/mol. The third-order valence-corrected chi connectivity index (χ3v) is 7.60. The van der Waals surface area contributed by atoms with Crippen LogP contribution in [0.15, 0.2) is 24.3 Å². The van der Waals surface area contributed by atoms with Crippen molar-refractivity contribution in [2.75, 3.05) is 13.2 Å². The zero-order valence-electron chi connectivity index (χ0n) is 30.1. The van der Waals surface area contributed by atoms with E-state index in [1.807, 2.05) is 0 Å². The molecular weight excluding hydrogens is 566 g/mol. The summed E-state index contributed by atoms with van der Waals surface area (Å²) >= 11 is 0. The van der Waals surface area contributed by atoms with Crippen molar-refractivity contribution in [1.82, 2.24) is 0 Å². The fourth-order valence-electron chi connectivity index (χ4n) is 5.01. The molecule has 0 rings (SSSR count). The number of hydrogen-bond donors (Lipinski definition) is 3. The van der Waals surface area contributed by atoms with Crippen molar-refractivity contribution in [3.8, 4) is 0 Å². The maximum atomic E-state index is 8.88. The Morgan fingerprint density at radius 2 is 0.651 bits per heavy atom. The number of phosphoric acid groups is 1. The second-order valence-corrected chi connectivity index (χ2v) is 13.0. The average Bonchev–Trinajstić information content (AvgIpc) is 2.94. The molecule has 254 valence electrons. The first-order valence-electron chi connectivity index (χ1n) is 18.1. The molecule has 0 atom stereocenters. The standard InChI is InChI=1S/C36H70O.Na.H3O4P.H/c1-3-5-7-9-11-13-15-17-19-21-23-25-27-29-31-33-35-37-36-34-32-30-28-26-24-22-20-18-16-14-12-10-8-6-4-2;;1-5(2,3)4;/h17-20H,3-16,21-36H2,1-2H3;;(H3,1,2,3,4);/q;+1;;-1/b19-17-,20-18-;;;. The van der Waals surface area contributed by atoms with Crippen molar-refractivity contribution in [2.45, 2.75) is 194 Å². The smallest absolute Gasteiger partial charge is 1.00 e. The number of rotatable bonds is 32. The summed E-state index contributed by atoms with van der Waals surface area (Å²) in [6.45, 7) is 6.54. The van der Waals surface area contributed by atoms with E-state index in [4.69, 9.17) is 24.0 Å². The minimum atomic E-state index is -4.64. The van der Waals surface area contributed by atoms with Gasteiger partial charge in [-0.05, 0) is 64.2 Å². The zero-order chi connectivity index (χ0) is 31.2. The maximum absolute atomic E-state index is 8.88. The van der Waals surface area contributed by atoms with E-state index in [1.165, 1.54) is 180 Å². The molecule has 0 radical (unpaired) electrons. The molecule has 0 amide bonds. The van der Waals surface area contributed by atoms with Crippen LogP contribution in [-0.4, -0.2) is 27.9 Å². The number of allylic oxidation sites excluding steroid dienone is 4. The van der Waals surface area contributed by atoms with Crippen LogP contribution in [0.4, 0.5) is 0 Å². The fraction of sp³-hybridized carbons (Fsp3) is 0.889. The molecule has 3 N–H and O–H groups in total. The second-order valence-electron chi connectivity index (χ2n) is 12.0. The Morgan fingerprint density at radius 3 is 0.907 bits per heavy atom. The summed E-state index contributed by atoms with van der Waals surface area (Å²) in [7, 11) is -4.64. The van der Waals surface area contributed by atoms with Gasteiger partial charge in [0.05, 0.1) is 0 Å². The Hall–Kier alpha value is 0.550. The minimum absolute atomic E-state index is 0. The van der Waals surface area contributed by atoms with Gasteiger partial charge >= 0.3 is 37.4 Å². The fourth-order valence-corrected chi connectivity index (χ4v) is 5.01. The Morgan fingerprint density at radius 1 is 0.442 bits per heavy atom. The van der Waals surface area contributed by atoms with Crippen molar-refractivity contribution in [3.05, 3.63) is 24.3 Å². The van der Waals surface area contributed by atoms with Crippen molar-refractivity contribution in [1.29, 1.82) is 0 Å². The Balaban J connectivity index is -0.00000105. The van der Waals surface area contributed by atoms with Crippen LogP contribution in [0.2, 0.25) is 0 Å². The monoisotopic (exact) mass is 641 g/mol. The Labute approximate surface area is 292 Å². The minimum Gasteiger partial charge on any atom is -1.00 e. The van der Waals surface area contributed by atoms with Crippen molar-refractivity contribution >= 4 is 7.82 Å². The first-order valence-corrected chi connectivity index (χ1v) is 19.6. The molecule has 0 saturated heterocycles. The second kappa shape index (κ2) is 42.6. The molecule has 0 aromatic rings. The zero-order valence-corrected chi connectivity index (χ0v) is 32.0. The van der Waals surface area contributed by atoms with Crippen LogP contribution in [0.3, 0.4) is 0 Å². The van der Waals surface area contributed by atoms with E-state index in [-0.39, 0.29) is 31.0 Å². The van der Waals surface area contributed by atoms with Crippen molar-refractivity contribution in [2.24, 2.45) is 0 Å². The van der Waals surface area contributed by atoms with Crippen LogP contribution in [-0.2, 0) is 9.30 Å². The van der Waals surface area contributed by atoms with E-state index in [0.29, 0.717) is 0 Å². The summed E-state index contributed by atoms with van der Waals surface area (Å²) in [5.41, 5.74) is 0. The van der Waals surface area contributed by atoms with Crippen molar-refractivity contribution < 1.29 is 55.0 Å². The molecular formula is C36H74NaO5P. The number of unbranched alkanes of at least 4 members (excludes halogenated alkanes) is 24. The van der Waals surface area contributed by atoms with Gasteiger partial charge in [0, 0.05) is 13.2 Å². The molecule has 0 bridgehead atoms. The normalized spacial score (nSPS) is 11.7. The first kappa shape index (κ1) is 48.0. The van der Waals surface area contributed by atoms with Crippen LogP contribution >= 0.6 is 7.82 Å². The molecule has 0 aliphatic heterocycles. The molecule has 5 nitrogen and oxygen atoms in total. The van der Waals surface area contributed by atoms with E-state index in [0.717, 1.165) is 13.2 Å². The molecule has 0 aliphatic carbocycles. The van der Waals surface area contributed by atoms with Gasteiger partial charge in [0.15, 0.2) is 0 Å². The maximum Gasteiger partial charge on any atom is 1.00 e. The number of ether oxygens (including phenoxy) is 1. The molecule has 7 heteroatoms. The molecule has 0 aromatic heterocycles. The van der Waals surface area contributed by atoms with Crippen LogP contribution in [0.25, 0.3) is 0 Å². The van der Waals surface area contributed by atoms with Crippen LogP contribution in [0, 0.1) is 0 Å². The molecule has 0 saturated carbocycles. The van der Waals surface area contributed by atoms with Crippen LogP contribution in [0.5, 0.6) is 0 Å². The molecule has 0 aliphatic rings. The third kappa shape index (κ3) is 58.6. The van der Waals surface area contributed by atoms with Gasteiger partial charge in [0.25, 0.3) is 0 Å². The Kier molecular flexibility index (Phi) is 47.5. The van der Waals surface area contributed by atoms with Crippen LogP contribution in [0.1, 0.15) is 195 Å². The summed E-state index contributed by atoms with van der Waals surface area (Å²) < 4.78 is 14.7. The van der Waals surface area contributed by atoms with Gasteiger partial charge in [-0.1, -0.05) is 154 Å². The van der Waals surface area contributed by atoms with Gasteiger partial charge in [0.2, 0.25) is 0 Å². The third-order valence-electron chi connectivity index (χ3n) is 7.60. The van der Waals surface area contributed by atoms with E-state index >= 15 is 0 Å². The van der Waals surface area contributed by atoms with E-state index in [2.05, 4.69) is 38.2 Å². The molecule has 0 fully saturated rings. The van der Waals surface area contributed by atoms with Gasteiger partial charge < -0.3 is 20.8 Å². The van der Waals surface area contributed by atoms with Gasteiger partial charge in [-0.25, -0.2) is 4.57 Å². The molecule has 43 heavy (non-hydrogen) atoms. The Bertz CT molecular complexity index is 553. The van der Waals surface area contributed by atoms with Crippen LogP contribution < -0.4 is 29.6 Å². The molecule has 0 aromatic carbocycles. The quantitative estimate of drug-likeness (QED) is 0.0295. The first-order chi connectivity index (χ1) is 20.4. The predicted molar refractivity (Wildman–Crippen MR) is 185 cm³/mol. The summed E-state index contributed by atoms with van der Waals surface area (Å²) in [6, 6.07) is 0.